The van der Waals surface area contributed by atoms with E-state index < -0.39 is 11.8 Å². The van der Waals surface area contributed by atoms with E-state index >= 15 is 0 Å². The van der Waals surface area contributed by atoms with Crippen LogP contribution in [-0.4, -0.2) is 22.1 Å². The second-order valence-corrected chi connectivity index (χ2v) is 4.45. The molecule has 20 heavy (non-hydrogen) atoms. The van der Waals surface area contributed by atoms with Crippen LogP contribution in [0.2, 0.25) is 5.02 Å². The van der Waals surface area contributed by atoms with E-state index in [-0.39, 0.29) is 23.1 Å². The summed E-state index contributed by atoms with van der Waals surface area (Å²) < 4.78 is 19.4. The zero-order valence-electron chi connectivity index (χ0n) is 11.0. The Morgan fingerprint density at radius 2 is 2.25 bits per heavy atom. The molecule has 0 aliphatic rings. The molecule has 2 rings (SSSR count). The number of rotatable bonds is 3. The number of carbonyl (C=O) groups excluding carboxylic acids is 1. The number of ether oxygens (including phenoxy) is 1. The maximum absolute atomic E-state index is 13.1. The Kier molecular flexibility index (Phi) is 3.94. The average molecular weight is 298 g/mol. The molecule has 5 nitrogen and oxygen atoms in total. The van der Waals surface area contributed by atoms with Crippen LogP contribution in [0.3, 0.4) is 0 Å². The van der Waals surface area contributed by atoms with Crippen LogP contribution in [0.1, 0.15) is 23.2 Å². The van der Waals surface area contributed by atoms with Crippen molar-refractivity contribution in [1.82, 2.24) is 9.55 Å². The molecule has 7 heteroatoms. The minimum absolute atomic E-state index is 0.0183. The van der Waals surface area contributed by atoms with Gasteiger partial charge in [0.25, 0.3) is 0 Å². The highest BCUT2D eigenvalue weighted by molar-refractivity contribution is 6.32. The Bertz CT molecular complexity index is 670. The second kappa shape index (κ2) is 5.50. The fourth-order valence-electron chi connectivity index (χ4n) is 1.87. The number of aromatic nitrogens is 2. The molecule has 1 aromatic heterocycles. The molecule has 2 N–H and O–H groups in total. The molecule has 0 fully saturated rings. The third-order valence-corrected chi connectivity index (χ3v) is 3.00. The summed E-state index contributed by atoms with van der Waals surface area (Å²) in [5.41, 5.74) is 6.39. The number of hydrogen-bond donors (Lipinski definition) is 1. The molecule has 0 bridgehead atoms. The lowest BCUT2D eigenvalue weighted by Gasteiger charge is -2.09. The van der Waals surface area contributed by atoms with E-state index in [1.165, 1.54) is 22.8 Å². The summed E-state index contributed by atoms with van der Waals surface area (Å²) in [4.78, 5) is 15.8. The summed E-state index contributed by atoms with van der Waals surface area (Å²) in [6.07, 6.45) is 0. The molecule has 0 aliphatic carbocycles. The third kappa shape index (κ3) is 2.46. The van der Waals surface area contributed by atoms with Gasteiger partial charge in [-0.2, -0.15) is 0 Å². The largest absolute Gasteiger partial charge is 0.461 e. The number of carbonyl (C=O) groups is 1. The molecular formula is C13H13ClFN3O2. The van der Waals surface area contributed by atoms with Crippen molar-refractivity contribution >= 4 is 23.4 Å². The highest BCUT2D eigenvalue weighted by Crippen LogP contribution is 2.27. The van der Waals surface area contributed by atoms with E-state index in [0.29, 0.717) is 11.5 Å². The average Bonchev–Trinajstić information content (AvgIpc) is 2.66. The van der Waals surface area contributed by atoms with Gasteiger partial charge in [0.15, 0.2) is 5.69 Å². The van der Waals surface area contributed by atoms with Gasteiger partial charge in [-0.1, -0.05) is 11.6 Å². The number of esters is 1. The van der Waals surface area contributed by atoms with E-state index in [9.17, 15) is 9.18 Å². The van der Waals surface area contributed by atoms with E-state index in [4.69, 9.17) is 22.1 Å². The Morgan fingerprint density at radius 1 is 1.55 bits per heavy atom. The first-order chi connectivity index (χ1) is 9.45. The zero-order chi connectivity index (χ0) is 14.9. The quantitative estimate of drug-likeness (QED) is 0.884. The molecule has 0 atom stereocenters. The summed E-state index contributed by atoms with van der Waals surface area (Å²) in [5, 5.41) is 0.174. The third-order valence-electron chi connectivity index (χ3n) is 2.70. The van der Waals surface area contributed by atoms with Gasteiger partial charge in [0.1, 0.15) is 17.5 Å². The van der Waals surface area contributed by atoms with Crippen LogP contribution in [0, 0.1) is 12.7 Å². The first-order valence-electron chi connectivity index (χ1n) is 5.93. The van der Waals surface area contributed by atoms with Crippen LogP contribution >= 0.6 is 11.6 Å². The first-order valence-corrected chi connectivity index (χ1v) is 6.30. The second-order valence-electron chi connectivity index (χ2n) is 4.04. The Balaban J connectivity index is 2.55. The number of nitrogens with zero attached hydrogens (tertiary/aromatic N) is 2. The van der Waals surface area contributed by atoms with Crippen molar-refractivity contribution in [3.8, 4) is 5.69 Å². The molecule has 0 unspecified atom stereocenters. The number of anilines is 1. The van der Waals surface area contributed by atoms with Crippen LogP contribution in [0.15, 0.2) is 18.2 Å². The van der Waals surface area contributed by atoms with Crippen molar-refractivity contribution in [3.05, 3.63) is 40.6 Å². The number of nitrogen functional groups attached to an aromatic ring is 1. The predicted octanol–water partition coefficient (Wildman–Crippen LogP) is 2.73. The summed E-state index contributed by atoms with van der Waals surface area (Å²) in [6, 6.07) is 3.89. The van der Waals surface area contributed by atoms with E-state index in [0.717, 1.165) is 0 Å². The maximum atomic E-state index is 13.1. The number of benzene rings is 1. The number of halogens is 2. The van der Waals surface area contributed by atoms with E-state index in [1.807, 2.05) is 0 Å². The van der Waals surface area contributed by atoms with E-state index in [1.54, 1.807) is 13.8 Å². The summed E-state index contributed by atoms with van der Waals surface area (Å²) in [5.74, 6) is -0.501. The van der Waals surface area contributed by atoms with Crippen LogP contribution in [0.25, 0.3) is 5.69 Å². The Labute approximate surface area is 120 Å². The smallest absolute Gasteiger partial charge is 0.360 e. The standard InChI is InChI=1S/C13H13ClFN3O2/c1-3-20-13(19)11-12(16)18(7(2)17-11)10-5-4-8(15)6-9(10)14/h4-6H,3,16H2,1-2H3. The van der Waals surface area contributed by atoms with Crippen molar-refractivity contribution in [1.29, 1.82) is 0 Å². The highest BCUT2D eigenvalue weighted by Gasteiger charge is 2.21. The molecule has 106 valence electrons. The number of aryl methyl sites for hydroxylation is 1. The Morgan fingerprint density at radius 3 is 2.85 bits per heavy atom. The molecule has 1 aromatic carbocycles. The molecule has 2 aromatic rings. The van der Waals surface area contributed by atoms with Crippen molar-refractivity contribution < 1.29 is 13.9 Å². The van der Waals surface area contributed by atoms with Crippen molar-refractivity contribution in [2.45, 2.75) is 13.8 Å². The minimum atomic E-state index is -0.606. The fourth-order valence-corrected chi connectivity index (χ4v) is 2.12. The molecule has 0 saturated carbocycles. The fraction of sp³-hybridized carbons (Fsp3) is 0.231. The highest BCUT2D eigenvalue weighted by atomic mass is 35.5. The van der Waals surface area contributed by atoms with Gasteiger partial charge in [-0.25, -0.2) is 14.2 Å². The summed E-state index contributed by atoms with van der Waals surface area (Å²) >= 11 is 6.00. The maximum Gasteiger partial charge on any atom is 0.360 e. The minimum Gasteiger partial charge on any atom is -0.461 e. The number of nitrogens with two attached hydrogens (primary N) is 1. The van der Waals surface area contributed by atoms with Crippen LogP contribution in [0.4, 0.5) is 10.2 Å². The SMILES string of the molecule is CCOC(=O)c1nc(C)n(-c2ccc(F)cc2Cl)c1N. The van der Waals surface area contributed by atoms with E-state index in [2.05, 4.69) is 4.98 Å². The first kappa shape index (κ1) is 14.3. The monoisotopic (exact) mass is 297 g/mol. The normalized spacial score (nSPS) is 10.6. The number of hydrogen-bond acceptors (Lipinski definition) is 4. The molecule has 0 radical (unpaired) electrons. The number of imidazole rings is 1. The van der Waals surface area contributed by atoms with Crippen molar-refractivity contribution in [2.24, 2.45) is 0 Å². The van der Waals surface area contributed by atoms with Crippen molar-refractivity contribution in [3.63, 3.8) is 0 Å². The van der Waals surface area contributed by atoms with Gasteiger partial charge in [-0.15, -0.1) is 0 Å². The van der Waals surface area contributed by atoms with Gasteiger partial charge in [0.2, 0.25) is 0 Å². The zero-order valence-corrected chi connectivity index (χ0v) is 11.7. The van der Waals surface area contributed by atoms with Crippen LogP contribution in [0.5, 0.6) is 0 Å². The van der Waals surface area contributed by atoms with Crippen molar-refractivity contribution in [2.75, 3.05) is 12.3 Å². The lowest BCUT2D eigenvalue weighted by atomic mass is 10.3. The van der Waals surface area contributed by atoms with Gasteiger partial charge < -0.3 is 10.5 Å². The van der Waals surface area contributed by atoms with Gasteiger partial charge in [-0.3, -0.25) is 4.57 Å². The molecule has 0 aliphatic heterocycles. The summed E-state index contributed by atoms with van der Waals surface area (Å²) in [7, 11) is 0. The topological polar surface area (TPSA) is 70.1 Å². The summed E-state index contributed by atoms with van der Waals surface area (Å²) in [6.45, 7) is 3.58. The van der Waals surface area contributed by atoms with Gasteiger partial charge in [0.05, 0.1) is 17.3 Å². The molecule has 1 heterocycles. The van der Waals surface area contributed by atoms with Crippen LogP contribution < -0.4 is 5.73 Å². The Hall–Kier alpha value is -2.08. The van der Waals surface area contributed by atoms with Gasteiger partial charge in [0, 0.05) is 0 Å². The van der Waals surface area contributed by atoms with Gasteiger partial charge in [-0.05, 0) is 32.0 Å². The lowest BCUT2D eigenvalue weighted by molar-refractivity contribution is 0.0521. The molecular weight excluding hydrogens is 285 g/mol. The molecule has 0 saturated heterocycles. The molecule has 0 amide bonds. The lowest BCUT2D eigenvalue weighted by Crippen LogP contribution is -2.09. The molecule has 0 spiro atoms. The predicted molar refractivity (Wildman–Crippen MR) is 73.6 cm³/mol. The van der Waals surface area contributed by atoms with Crippen LogP contribution in [-0.2, 0) is 4.74 Å². The van der Waals surface area contributed by atoms with Gasteiger partial charge >= 0.3 is 5.97 Å².